The molecule has 0 spiro atoms. The Labute approximate surface area is 85.3 Å². The molecule has 0 aliphatic carbocycles. The van der Waals surface area contributed by atoms with Crippen molar-refractivity contribution >= 4 is 28.9 Å². The Balaban J connectivity index is 2.74. The maximum atomic E-state index is 11.8. The highest BCUT2D eigenvalue weighted by Crippen LogP contribution is 2.22. The number of carboxylic acids is 1. The van der Waals surface area contributed by atoms with E-state index in [1.807, 2.05) is 0 Å². The highest BCUT2D eigenvalue weighted by molar-refractivity contribution is 7.12. The Kier molecular flexibility index (Phi) is 2.98. The molecule has 2 N–H and O–H groups in total. The molecule has 0 aliphatic heterocycles. The number of aromatic carboxylic acids is 1. The number of thiophene rings is 1. The third-order valence-electron chi connectivity index (χ3n) is 1.33. The molecule has 0 fully saturated rings. The Bertz CT molecular complexity index is 398. The van der Waals surface area contributed by atoms with Gasteiger partial charge in [0.1, 0.15) is 4.88 Å². The summed E-state index contributed by atoms with van der Waals surface area (Å²) in [5.74, 6) is -3.38. The first-order chi connectivity index (χ1) is 6.80. The van der Waals surface area contributed by atoms with E-state index in [0.717, 1.165) is 22.8 Å². The van der Waals surface area contributed by atoms with Gasteiger partial charge in [0.2, 0.25) is 0 Å². The highest BCUT2D eigenvalue weighted by atomic mass is 32.1. The number of amides is 1. The Morgan fingerprint density at radius 2 is 2.00 bits per heavy atom. The van der Waals surface area contributed by atoms with Gasteiger partial charge >= 0.3 is 18.1 Å². The fourth-order valence-corrected chi connectivity index (χ4v) is 1.39. The van der Waals surface area contributed by atoms with E-state index in [4.69, 9.17) is 5.11 Å². The van der Waals surface area contributed by atoms with Crippen molar-refractivity contribution in [2.75, 3.05) is 5.32 Å². The zero-order chi connectivity index (χ0) is 11.6. The minimum atomic E-state index is -4.98. The first-order valence-electron chi connectivity index (χ1n) is 3.50. The predicted molar refractivity (Wildman–Crippen MR) is 46.0 cm³/mol. The van der Waals surface area contributed by atoms with E-state index in [-0.39, 0.29) is 10.6 Å². The van der Waals surface area contributed by atoms with Crippen LogP contribution >= 0.6 is 11.3 Å². The van der Waals surface area contributed by atoms with Gasteiger partial charge in [0, 0.05) is 5.38 Å². The SMILES string of the molecule is O=C(O)c1cc(NC(=O)C(F)(F)F)cs1. The molecule has 82 valence electrons. The summed E-state index contributed by atoms with van der Waals surface area (Å²) < 4.78 is 35.3. The maximum Gasteiger partial charge on any atom is 0.471 e. The molecule has 0 aromatic carbocycles. The van der Waals surface area contributed by atoms with E-state index in [9.17, 15) is 22.8 Å². The summed E-state index contributed by atoms with van der Waals surface area (Å²) in [5, 5.41) is 11.1. The molecule has 1 amide bonds. The number of carbonyl (C=O) groups is 2. The van der Waals surface area contributed by atoms with Crippen LogP contribution in [0.2, 0.25) is 0 Å². The van der Waals surface area contributed by atoms with Crippen LogP contribution in [0, 0.1) is 0 Å². The number of carbonyl (C=O) groups excluding carboxylic acids is 1. The number of anilines is 1. The second-order valence-corrected chi connectivity index (χ2v) is 3.37. The molecule has 0 saturated heterocycles. The average molecular weight is 239 g/mol. The lowest BCUT2D eigenvalue weighted by atomic mass is 10.4. The molecule has 1 rings (SSSR count). The van der Waals surface area contributed by atoms with Crippen molar-refractivity contribution in [1.82, 2.24) is 0 Å². The number of rotatable bonds is 2. The minimum absolute atomic E-state index is 0.146. The third kappa shape index (κ3) is 2.94. The van der Waals surface area contributed by atoms with Crippen LogP contribution in [0.3, 0.4) is 0 Å². The summed E-state index contributed by atoms with van der Waals surface area (Å²) >= 11 is 0.729. The van der Waals surface area contributed by atoms with Crippen molar-refractivity contribution in [2.24, 2.45) is 0 Å². The molecule has 0 bridgehead atoms. The van der Waals surface area contributed by atoms with Gasteiger partial charge in [-0.3, -0.25) is 4.79 Å². The van der Waals surface area contributed by atoms with Crippen molar-refractivity contribution in [1.29, 1.82) is 0 Å². The van der Waals surface area contributed by atoms with Crippen LogP contribution in [0.25, 0.3) is 0 Å². The van der Waals surface area contributed by atoms with E-state index in [2.05, 4.69) is 0 Å². The number of hydrogen-bond acceptors (Lipinski definition) is 3. The normalized spacial score (nSPS) is 11.1. The lowest BCUT2D eigenvalue weighted by Gasteiger charge is -2.04. The summed E-state index contributed by atoms with van der Waals surface area (Å²) in [4.78, 5) is 20.7. The molecule has 0 radical (unpaired) electrons. The standard InChI is InChI=1S/C7H4F3NO3S/c8-7(9,10)6(14)11-3-1-4(5(12)13)15-2-3/h1-2H,(H,11,14)(H,12,13). The molecule has 1 aromatic rings. The number of alkyl halides is 3. The number of carboxylic acid groups (broad SMARTS) is 1. The summed E-state index contributed by atoms with van der Waals surface area (Å²) in [6.07, 6.45) is -4.98. The van der Waals surface area contributed by atoms with Crippen LogP contribution in [-0.4, -0.2) is 23.2 Å². The second kappa shape index (κ2) is 3.89. The van der Waals surface area contributed by atoms with Gasteiger partial charge in [-0.15, -0.1) is 11.3 Å². The molecule has 1 aromatic heterocycles. The Hall–Kier alpha value is -1.57. The highest BCUT2D eigenvalue weighted by Gasteiger charge is 2.38. The molecule has 0 unspecified atom stereocenters. The lowest BCUT2D eigenvalue weighted by Crippen LogP contribution is -2.29. The van der Waals surface area contributed by atoms with Crippen molar-refractivity contribution in [3.63, 3.8) is 0 Å². The third-order valence-corrected chi connectivity index (χ3v) is 2.24. The van der Waals surface area contributed by atoms with Crippen molar-refractivity contribution < 1.29 is 27.9 Å². The first-order valence-corrected chi connectivity index (χ1v) is 4.38. The number of hydrogen-bond donors (Lipinski definition) is 2. The molecule has 0 saturated carbocycles. The van der Waals surface area contributed by atoms with E-state index < -0.39 is 18.1 Å². The van der Waals surface area contributed by atoms with E-state index >= 15 is 0 Å². The zero-order valence-corrected chi connectivity index (χ0v) is 7.78. The van der Waals surface area contributed by atoms with Crippen molar-refractivity contribution in [2.45, 2.75) is 6.18 Å². The molecule has 1 heterocycles. The van der Waals surface area contributed by atoms with E-state index in [0.29, 0.717) is 0 Å². The first kappa shape index (κ1) is 11.5. The molecular weight excluding hydrogens is 235 g/mol. The van der Waals surface area contributed by atoms with Crippen LogP contribution < -0.4 is 5.32 Å². The zero-order valence-electron chi connectivity index (χ0n) is 6.96. The number of nitrogens with one attached hydrogen (secondary N) is 1. The van der Waals surface area contributed by atoms with Gasteiger partial charge in [0.25, 0.3) is 0 Å². The van der Waals surface area contributed by atoms with Gasteiger partial charge in [0.15, 0.2) is 0 Å². The summed E-state index contributed by atoms with van der Waals surface area (Å²) in [7, 11) is 0. The van der Waals surface area contributed by atoms with Gasteiger partial charge in [0.05, 0.1) is 5.69 Å². The van der Waals surface area contributed by atoms with E-state index in [1.165, 1.54) is 0 Å². The van der Waals surface area contributed by atoms with Crippen LogP contribution in [0.4, 0.5) is 18.9 Å². The van der Waals surface area contributed by atoms with Gasteiger partial charge in [-0.2, -0.15) is 13.2 Å². The topological polar surface area (TPSA) is 66.4 Å². The molecule has 0 aliphatic rings. The van der Waals surface area contributed by atoms with Crippen molar-refractivity contribution in [3.8, 4) is 0 Å². The van der Waals surface area contributed by atoms with Crippen LogP contribution in [0.5, 0.6) is 0 Å². The molecule has 15 heavy (non-hydrogen) atoms. The van der Waals surface area contributed by atoms with Crippen LogP contribution in [0.1, 0.15) is 9.67 Å². The summed E-state index contributed by atoms with van der Waals surface area (Å²) in [6, 6.07) is 0.955. The molecule has 4 nitrogen and oxygen atoms in total. The van der Waals surface area contributed by atoms with Gasteiger partial charge in [-0.25, -0.2) is 4.79 Å². The largest absolute Gasteiger partial charge is 0.477 e. The van der Waals surface area contributed by atoms with Gasteiger partial charge < -0.3 is 10.4 Å². The summed E-state index contributed by atoms with van der Waals surface area (Å²) in [6.45, 7) is 0. The quantitative estimate of drug-likeness (QED) is 0.828. The minimum Gasteiger partial charge on any atom is -0.477 e. The van der Waals surface area contributed by atoms with Crippen LogP contribution in [0.15, 0.2) is 11.4 Å². The predicted octanol–water partition coefficient (Wildman–Crippen LogP) is 1.95. The fraction of sp³-hybridized carbons (Fsp3) is 0.143. The lowest BCUT2D eigenvalue weighted by molar-refractivity contribution is -0.167. The average Bonchev–Trinajstić information content (AvgIpc) is 2.50. The molecular formula is C7H4F3NO3S. The number of halogens is 3. The maximum absolute atomic E-state index is 11.8. The monoisotopic (exact) mass is 239 g/mol. The smallest absolute Gasteiger partial charge is 0.471 e. The van der Waals surface area contributed by atoms with Gasteiger partial charge in [-0.1, -0.05) is 0 Å². The molecule has 8 heteroatoms. The van der Waals surface area contributed by atoms with Crippen LogP contribution in [-0.2, 0) is 4.79 Å². The summed E-state index contributed by atoms with van der Waals surface area (Å²) in [5.41, 5.74) is -0.181. The molecule has 0 atom stereocenters. The van der Waals surface area contributed by atoms with Crippen molar-refractivity contribution in [3.05, 3.63) is 16.3 Å². The second-order valence-electron chi connectivity index (χ2n) is 2.46. The van der Waals surface area contributed by atoms with Gasteiger partial charge in [-0.05, 0) is 6.07 Å². The Morgan fingerprint density at radius 1 is 1.40 bits per heavy atom. The van der Waals surface area contributed by atoms with E-state index in [1.54, 1.807) is 5.32 Å². The fourth-order valence-electron chi connectivity index (χ4n) is 0.716. The Morgan fingerprint density at radius 3 is 2.40 bits per heavy atom.